The summed E-state index contributed by atoms with van der Waals surface area (Å²) in [6.45, 7) is 0. The number of alkyl halides is 1. The predicted molar refractivity (Wildman–Crippen MR) is 33.8 cm³/mol. The van der Waals surface area contributed by atoms with Gasteiger partial charge in [-0.05, 0) is 17.0 Å². The molecule has 1 heterocycles. The van der Waals surface area contributed by atoms with Crippen LogP contribution in [0.5, 0.6) is 0 Å². The maximum absolute atomic E-state index is 12.1. The number of thiophene rings is 1. The van der Waals surface area contributed by atoms with Crippen LogP contribution in [-0.2, 0) is 5.88 Å². The summed E-state index contributed by atoms with van der Waals surface area (Å²) in [5.74, 6) is 0.403. The SMILES string of the molecule is Fc1cc(CCl)cs1. The molecule has 0 N–H and O–H groups in total. The zero-order valence-corrected chi connectivity index (χ0v) is 5.60. The second-order valence-electron chi connectivity index (χ2n) is 1.39. The highest BCUT2D eigenvalue weighted by Gasteiger charge is 1.93. The zero-order chi connectivity index (χ0) is 5.98. The van der Waals surface area contributed by atoms with Gasteiger partial charge in [0.1, 0.15) is 0 Å². The second-order valence-corrected chi connectivity index (χ2v) is 2.52. The molecule has 0 spiro atoms. The fourth-order valence-electron chi connectivity index (χ4n) is 0.416. The molecule has 8 heavy (non-hydrogen) atoms. The molecular formula is C5H4ClFS. The minimum absolute atomic E-state index is 0.166. The fraction of sp³-hybridized carbons (Fsp3) is 0.200. The van der Waals surface area contributed by atoms with Crippen molar-refractivity contribution in [1.82, 2.24) is 0 Å². The first-order chi connectivity index (χ1) is 3.83. The van der Waals surface area contributed by atoms with Gasteiger partial charge in [-0.15, -0.1) is 22.9 Å². The Morgan fingerprint density at radius 1 is 1.75 bits per heavy atom. The summed E-state index contributed by atoms with van der Waals surface area (Å²) in [7, 11) is 0. The molecular weight excluding hydrogens is 147 g/mol. The lowest BCUT2D eigenvalue weighted by molar-refractivity contribution is 0.656. The van der Waals surface area contributed by atoms with Crippen LogP contribution in [0.1, 0.15) is 5.56 Å². The normalized spacial score (nSPS) is 9.75. The van der Waals surface area contributed by atoms with Gasteiger partial charge in [-0.25, -0.2) is 0 Å². The van der Waals surface area contributed by atoms with Crippen LogP contribution < -0.4 is 0 Å². The fourth-order valence-corrected chi connectivity index (χ4v) is 1.30. The molecule has 1 rings (SSSR count). The van der Waals surface area contributed by atoms with Crippen molar-refractivity contribution < 1.29 is 4.39 Å². The molecule has 0 aromatic carbocycles. The monoisotopic (exact) mass is 150 g/mol. The van der Waals surface area contributed by atoms with Crippen molar-refractivity contribution in [2.24, 2.45) is 0 Å². The van der Waals surface area contributed by atoms with Crippen LogP contribution in [0.25, 0.3) is 0 Å². The van der Waals surface area contributed by atoms with Crippen molar-refractivity contribution in [3.8, 4) is 0 Å². The van der Waals surface area contributed by atoms with Gasteiger partial charge in [0.2, 0.25) is 0 Å². The molecule has 0 aliphatic rings. The van der Waals surface area contributed by atoms with Crippen LogP contribution in [0.4, 0.5) is 4.39 Å². The molecule has 0 aliphatic heterocycles. The van der Waals surface area contributed by atoms with Gasteiger partial charge in [-0.3, -0.25) is 0 Å². The van der Waals surface area contributed by atoms with Crippen molar-refractivity contribution in [3.05, 3.63) is 22.1 Å². The van der Waals surface area contributed by atoms with E-state index in [1.807, 2.05) is 0 Å². The van der Waals surface area contributed by atoms with E-state index in [1.54, 1.807) is 5.38 Å². The standard InChI is InChI=1S/C5H4ClFS/c6-2-4-1-5(7)8-3-4/h1,3H,2H2. The summed E-state index contributed by atoms with van der Waals surface area (Å²) >= 11 is 6.46. The molecule has 0 unspecified atom stereocenters. The van der Waals surface area contributed by atoms with Crippen LogP contribution in [0.2, 0.25) is 0 Å². The summed E-state index contributed by atoms with van der Waals surface area (Å²) in [6, 6.07) is 1.44. The van der Waals surface area contributed by atoms with E-state index < -0.39 is 0 Å². The quantitative estimate of drug-likeness (QED) is 0.540. The van der Waals surface area contributed by atoms with Gasteiger partial charge >= 0.3 is 0 Å². The number of hydrogen-bond acceptors (Lipinski definition) is 1. The predicted octanol–water partition coefficient (Wildman–Crippen LogP) is 2.63. The van der Waals surface area contributed by atoms with E-state index in [2.05, 4.69) is 0 Å². The van der Waals surface area contributed by atoms with Crippen molar-refractivity contribution in [2.45, 2.75) is 5.88 Å². The third-order valence-corrected chi connectivity index (χ3v) is 1.85. The van der Waals surface area contributed by atoms with Gasteiger partial charge in [0.25, 0.3) is 0 Å². The van der Waals surface area contributed by atoms with Crippen LogP contribution in [0.15, 0.2) is 11.4 Å². The molecule has 0 fully saturated rings. The average molecular weight is 151 g/mol. The molecule has 44 valence electrons. The van der Waals surface area contributed by atoms with Gasteiger partial charge in [0.15, 0.2) is 5.13 Å². The lowest BCUT2D eigenvalue weighted by atomic mass is 10.4. The summed E-state index contributed by atoms with van der Waals surface area (Å²) in [5.41, 5.74) is 0.856. The molecule has 0 bridgehead atoms. The molecule has 1 aromatic rings. The van der Waals surface area contributed by atoms with E-state index in [-0.39, 0.29) is 5.13 Å². The number of hydrogen-bond donors (Lipinski definition) is 0. The molecule has 0 nitrogen and oxygen atoms in total. The lowest BCUT2D eigenvalue weighted by Crippen LogP contribution is -1.64. The summed E-state index contributed by atoms with van der Waals surface area (Å²) in [6.07, 6.45) is 0. The Hall–Kier alpha value is -0.0800. The third kappa shape index (κ3) is 1.20. The van der Waals surface area contributed by atoms with Crippen molar-refractivity contribution >= 4 is 22.9 Å². The highest BCUT2D eigenvalue weighted by Crippen LogP contribution is 2.13. The topological polar surface area (TPSA) is 0 Å². The number of halogens is 2. The van der Waals surface area contributed by atoms with Gasteiger partial charge in [-0.1, -0.05) is 0 Å². The van der Waals surface area contributed by atoms with E-state index in [0.717, 1.165) is 16.9 Å². The molecule has 1 aromatic heterocycles. The molecule has 0 radical (unpaired) electrons. The van der Waals surface area contributed by atoms with E-state index >= 15 is 0 Å². The highest BCUT2D eigenvalue weighted by atomic mass is 35.5. The zero-order valence-electron chi connectivity index (χ0n) is 4.03. The van der Waals surface area contributed by atoms with Crippen LogP contribution in [-0.4, -0.2) is 0 Å². The van der Waals surface area contributed by atoms with Crippen LogP contribution in [0.3, 0.4) is 0 Å². The Balaban J connectivity index is 2.84. The first-order valence-electron chi connectivity index (χ1n) is 2.12. The van der Waals surface area contributed by atoms with Gasteiger partial charge < -0.3 is 0 Å². The first kappa shape index (κ1) is 6.05. The van der Waals surface area contributed by atoms with Gasteiger partial charge in [0, 0.05) is 5.88 Å². The van der Waals surface area contributed by atoms with E-state index in [1.165, 1.54) is 6.07 Å². The summed E-state index contributed by atoms with van der Waals surface area (Å²) in [4.78, 5) is 0. The largest absolute Gasteiger partial charge is 0.195 e. The van der Waals surface area contributed by atoms with E-state index in [9.17, 15) is 4.39 Å². The van der Waals surface area contributed by atoms with Crippen molar-refractivity contribution in [2.75, 3.05) is 0 Å². The molecule has 0 atom stereocenters. The minimum atomic E-state index is -0.166. The Morgan fingerprint density at radius 2 is 2.50 bits per heavy atom. The first-order valence-corrected chi connectivity index (χ1v) is 3.53. The molecule has 0 amide bonds. The third-order valence-electron chi connectivity index (χ3n) is 0.776. The van der Waals surface area contributed by atoms with Gasteiger partial charge in [-0.2, -0.15) is 4.39 Å². The highest BCUT2D eigenvalue weighted by molar-refractivity contribution is 7.08. The van der Waals surface area contributed by atoms with Crippen LogP contribution >= 0.6 is 22.9 Å². The maximum Gasteiger partial charge on any atom is 0.176 e. The van der Waals surface area contributed by atoms with Crippen molar-refractivity contribution in [1.29, 1.82) is 0 Å². The molecule has 0 aliphatic carbocycles. The number of rotatable bonds is 1. The molecule has 0 saturated heterocycles. The smallest absolute Gasteiger partial charge is 0.176 e. The van der Waals surface area contributed by atoms with Crippen molar-refractivity contribution in [3.63, 3.8) is 0 Å². The molecule has 3 heteroatoms. The van der Waals surface area contributed by atoms with E-state index in [0.29, 0.717) is 5.88 Å². The lowest BCUT2D eigenvalue weighted by Gasteiger charge is -1.76. The van der Waals surface area contributed by atoms with Gasteiger partial charge in [0.05, 0.1) is 0 Å². The summed E-state index contributed by atoms with van der Waals surface area (Å²) in [5, 5.41) is 1.54. The van der Waals surface area contributed by atoms with E-state index in [4.69, 9.17) is 11.6 Å². The summed E-state index contributed by atoms with van der Waals surface area (Å²) < 4.78 is 12.1. The Morgan fingerprint density at radius 3 is 2.75 bits per heavy atom. The Labute approximate surface area is 55.9 Å². The maximum atomic E-state index is 12.1. The minimum Gasteiger partial charge on any atom is -0.195 e. The Kier molecular flexibility index (Phi) is 1.86. The molecule has 0 saturated carbocycles. The second kappa shape index (κ2) is 2.46. The Bertz CT molecular complexity index is 173. The average Bonchev–Trinajstić information content (AvgIpc) is 2.14. The van der Waals surface area contributed by atoms with Crippen LogP contribution in [0, 0.1) is 5.13 Å².